The number of nitrogens with one attached hydrogen (secondary N) is 1. The third-order valence-corrected chi connectivity index (χ3v) is 2.36. The van der Waals surface area contributed by atoms with Crippen molar-refractivity contribution >= 4 is 0 Å². The molecule has 2 rings (SSSR count). The first-order valence-electron chi connectivity index (χ1n) is 4.90. The van der Waals surface area contributed by atoms with E-state index in [0.717, 1.165) is 5.75 Å². The first-order chi connectivity index (χ1) is 6.77. The highest BCUT2D eigenvalue weighted by molar-refractivity contribution is 5.39. The molecule has 0 aromatic heterocycles. The van der Waals surface area contributed by atoms with Crippen LogP contribution in [0.15, 0.2) is 24.3 Å². The number of fused-ring (bicyclic) bond motifs is 1. The molecule has 2 N–H and O–H groups in total. The molecule has 0 aliphatic carbocycles. The summed E-state index contributed by atoms with van der Waals surface area (Å²) >= 11 is 0. The van der Waals surface area contributed by atoms with Gasteiger partial charge in [0.1, 0.15) is 12.4 Å². The lowest BCUT2D eigenvalue weighted by Crippen LogP contribution is -2.29. The monoisotopic (exact) mass is 193 g/mol. The molecule has 0 saturated carbocycles. The van der Waals surface area contributed by atoms with Crippen LogP contribution >= 0.6 is 0 Å². The Morgan fingerprint density at radius 1 is 1.57 bits per heavy atom. The van der Waals surface area contributed by atoms with Gasteiger partial charge in [0.05, 0.1) is 12.1 Å². The average Bonchev–Trinajstić information content (AvgIpc) is 2.58. The minimum atomic E-state index is -0.317. The summed E-state index contributed by atoms with van der Waals surface area (Å²) < 4.78 is 5.50. The Labute approximate surface area is 83.7 Å². The predicted octanol–water partition coefficient (Wildman–Crippen LogP) is 1.09. The molecule has 3 nitrogen and oxygen atoms in total. The van der Waals surface area contributed by atoms with Crippen molar-refractivity contribution in [2.75, 3.05) is 13.2 Å². The molecule has 2 atom stereocenters. The van der Waals surface area contributed by atoms with E-state index in [0.29, 0.717) is 13.2 Å². The van der Waals surface area contributed by atoms with Crippen LogP contribution in [0.2, 0.25) is 0 Å². The maximum absolute atomic E-state index is 9.16. The van der Waals surface area contributed by atoms with E-state index >= 15 is 0 Å². The third kappa shape index (κ3) is 1.89. The molecule has 76 valence electrons. The zero-order chi connectivity index (χ0) is 9.97. The van der Waals surface area contributed by atoms with Gasteiger partial charge in [-0.3, -0.25) is 0 Å². The second-order valence-corrected chi connectivity index (χ2v) is 3.66. The van der Waals surface area contributed by atoms with Gasteiger partial charge in [0.15, 0.2) is 0 Å². The molecule has 1 aliphatic heterocycles. The van der Waals surface area contributed by atoms with Gasteiger partial charge in [-0.2, -0.15) is 0 Å². The minimum Gasteiger partial charge on any atom is -0.491 e. The summed E-state index contributed by atoms with van der Waals surface area (Å²) in [6.45, 7) is 3.03. The SMILES string of the molecule is CC(O)CNC1COc2ccccc21. The highest BCUT2D eigenvalue weighted by Crippen LogP contribution is 2.31. The molecule has 14 heavy (non-hydrogen) atoms. The summed E-state index contributed by atoms with van der Waals surface area (Å²) in [7, 11) is 0. The summed E-state index contributed by atoms with van der Waals surface area (Å²) in [5, 5.41) is 12.4. The summed E-state index contributed by atoms with van der Waals surface area (Å²) in [5.74, 6) is 0.954. The van der Waals surface area contributed by atoms with E-state index in [1.165, 1.54) is 5.56 Å². The Morgan fingerprint density at radius 3 is 3.14 bits per heavy atom. The standard InChI is InChI=1S/C11H15NO2/c1-8(13)6-12-10-7-14-11-5-3-2-4-9(10)11/h2-5,8,10,12-13H,6-7H2,1H3. The van der Waals surface area contributed by atoms with Gasteiger partial charge >= 0.3 is 0 Å². The van der Waals surface area contributed by atoms with E-state index in [2.05, 4.69) is 11.4 Å². The number of hydrogen-bond acceptors (Lipinski definition) is 3. The van der Waals surface area contributed by atoms with Gasteiger partial charge in [0.2, 0.25) is 0 Å². The molecule has 2 unspecified atom stereocenters. The van der Waals surface area contributed by atoms with Crippen molar-refractivity contribution in [3.63, 3.8) is 0 Å². The maximum atomic E-state index is 9.16. The number of hydrogen-bond donors (Lipinski definition) is 2. The Kier molecular flexibility index (Phi) is 2.70. The summed E-state index contributed by atoms with van der Waals surface area (Å²) in [6, 6.07) is 8.22. The van der Waals surface area contributed by atoms with Crippen molar-refractivity contribution in [1.29, 1.82) is 0 Å². The quantitative estimate of drug-likeness (QED) is 0.755. The predicted molar refractivity (Wildman–Crippen MR) is 54.4 cm³/mol. The Morgan fingerprint density at radius 2 is 2.36 bits per heavy atom. The molecule has 0 amide bonds. The number of ether oxygens (including phenoxy) is 1. The Bertz CT molecular complexity index is 312. The molecule has 0 bridgehead atoms. The van der Waals surface area contributed by atoms with E-state index in [9.17, 15) is 0 Å². The fourth-order valence-electron chi connectivity index (χ4n) is 1.64. The van der Waals surface area contributed by atoms with Crippen molar-refractivity contribution in [3.05, 3.63) is 29.8 Å². The van der Waals surface area contributed by atoms with Gasteiger partial charge in [-0.1, -0.05) is 18.2 Å². The van der Waals surface area contributed by atoms with Crippen LogP contribution in [0.4, 0.5) is 0 Å². The van der Waals surface area contributed by atoms with Gasteiger partial charge in [0.25, 0.3) is 0 Å². The van der Waals surface area contributed by atoms with E-state index in [4.69, 9.17) is 9.84 Å². The number of rotatable bonds is 3. The number of para-hydroxylation sites is 1. The van der Waals surface area contributed by atoms with Crippen LogP contribution in [-0.2, 0) is 0 Å². The van der Waals surface area contributed by atoms with Crippen LogP contribution < -0.4 is 10.1 Å². The van der Waals surface area contributed by atoms with Crippen molar-refractivity contribution < 1.29 is 9.84 Å². The van der Waals surface area contributed by atoms with Crippen LogP contribution in [0.5, 0.6) is 5.75 Å². The molecule has 0 fully saturated rings. The molecule has 1 aliphatic rings. The van der Waals surface area contributed by atoms with Gasteiger partial charge in [0, 0.05) is 12.1 Å². The fourth-order valence-corrected chi connectivity index (χ4v) is 1.64. The van der Waals surface area contributed by atoms with Crippen LogP contribution in [0.3, 0.4) is 0 Å². The number of aliphatic hydroxyl groups is 1. The van der Waals surface area contributed by atoms with E-state index in [1.807, 2.05) is 18.2 Å². The van der Waals surface area contributed by atoms with Crippen molar-refractivity contribution in [3.8, 4) is 5.75 Å². The van der Waals surface area contributed by atoms with E-state index in [-0.39, 0.29) is 12.1 Å². The molecule has 0 radical (unpaired) electrons. The van der Waals surface area contributed by atoms with Gasteiger partial charge in [-0.25, -0.2) is 0 Å². The lowest BCUT2D eigenvalue weighted by Gasteiger charge is -2.12. The highest BCUT2D eigenvalue weighted by Gasteiger charge is 2.22. The lowest BCUT2D eigenvalue weighted by atomic mass is 10.1. The zero-order valence-corrected chi connectivity index (χ0v) is 8.23. The molecular formula is C11H15NO2. The molecule has 1 heterocycles. The largest absolute Gasteiger partial charge is 0.491 e. The Hall–Kier alpha value is -1.06. The number of benzene rings is 1. The number of aliphatic hydroxyl groups excluding tert-OH is 1. The fraction of sp³-hybridized carbons (Fsp3) is 0.455. The Balaban J connectivity index is 2.03. The third-order valence-electron chi connectivity index (χ3n) is 2.36. The minimum absolute atomic E-state index is 0.223. The molecule has 0 spiro atoms. The topological polar surface area (TPSA) is 41.5 Å². The van der Waals surface area contributed by atoms with Crippen molar-refractivity contribution in [2.45, 2.75) is 19.1 Å². The molecule has 1 aromatic rings. The first kappa shape index (κ1) is 9.49. The van der Waals surface area contributed by atoms with Crippen LogP contribution in [-0.4, -0.2) is 24.4 Å². The van der Waals surface area contributed by atoms with Crippen LogP contribution in [0.1, 0.15) is 18.5 Å². The van der Waals surface area contributed by atoms with E-state index < -0.39 is 0 Å². The van der Waals surface area contributed by atoms with E-state index in [1.54, 1.807) is 6.92 Å². The maximum Gasteiger partial charge on any atom is 0.124 e. The van der Waals surface area contributed by atoms with Crippen molar-refractivity contribution in [2.24, 2.45) is 0 Å². The van der Waals surface area contributed by atoms with Gasteiger partial charge in [-0.15, -0.1) is 0 Å². The van der Waals surface area contributed by atoms with Gasteiger partial charge < -0.3 is 15.2 Å². The second-order valence-electron chi connectivity index (χ2n) is 3.66. The summed E-state index contributed by atoms with van der Waals surface area (Å²) in [4.78, 5) is 0. The summed E-state index contributed by atoms with van der Waals surface area (Å²) in [6.07, 6.45) is -0.317. The zero-order valence-electron chi connectivity index (χ0n) is 8.23. The molecule has 0 saturated heterocycles. The lowest BCUT2D eigenvalue weighted by molar-refractivity contribution is 0.182. The first-order valence-corrected chi connectivity index (χ1v) is 4.90. The smallest absolute Gasteiger partial charge is 0.124 e. The molecular weight excluding hydrogens is 178 g/mol. The summed E-state index contributed by atoms with van der Waals surface area (Å²) in [5.41, 5.74) is 1.19. The second kappa shape index (κ2) is 3.98. The average molecular weight is 193 g/mol. The normalized spacial score (nSPS) is 21.4. The van der Waals surface area contributed by atoms with Crippen LogP contribution in [0.25, 0.3) is 0 Å². The van der Waals surface area contributed by atoms with Crippen molar-refractivity contribution in [1.82, 2.24) is 5.32 Å². The van der Waals surface area contributed by atoms with Gasteiger partial charge in [-0.05, 0) is 13.0 Å². The molecule has 3 heteroatoms. The molecule has 1 aromatic carbocycles. The highest BCUT2D eigenvalue weighted by atomic mass is 16.5. The van der Waals surface area contributed by atoms with Crippen LogP contribution in [0, 0.1) is 0 Å².